The Morgan fingerprint density at radius 1 is 1.12 bits per heavy atom. The molecule has 1 N–H and O–H groups in total. The van der Waals surface area contributed by atoms with Crippen molar-refractivity contribution in [2.75, 3.05) is 37.6 Å². The van der Waals surface area contributed by atoms with Crippen LogP contribution in [0.25, 0.3) is 28.1 Å². The molecule has 0 radical (unpaired) electrons. The van der Waals surface area contributed by atoms with E-state index in [0.717, 1.165) is 77.8 Å². The summed E-state index contributed by atoms with van der Waals surface area (Å²) in [4.78, 5) is 28.6. The van der Waals surface area contributed by atoms with Gasteiger partial charge in [0.15, 0.2) is 0 Å². The summed E-state index contributed by atoms with van der Waals surface area (Å²) in [7, 11) is 0. The van der Waals surface area contributed by atoms with E-state index in [4.69, 9.17) is 11.6 Å². The van der Waals surface area contributed by atoms with Gasteiger partial charge in [-0.1, -0.05) is 30.7 Å². The van der Waals surface area contributed by atoms with E-state index in [1.807, 2.05) is 24.3 Å². The number of amides is 2. The molecule has 34 heavy (non-hydrogen) atoms. The number of benzene rings is 2. The maximum absolute atomic E-state index is 11.9. The smallest absolute Gasteiger partial charge is 0.290 e. The van der Waals surface area contributed by atoms with E-state index in [-0.39, 0.29) is 11.1 Å². The second-order valence-electron chi connectivity index (χ2n) is 8.38. The molecule has 0 bridgehead atoms. The largest absolute Gasteiger partial charge is 0.368 e. The summed E-state index contributed by atoms with van der Waals surface area (Å²) in [5, 5.41) is 12.0. The van der Waals surface area contributed by atoms with Gasteiger partial charge in [-0.25, -0.2) is 0 Å². The van der Waals surface area contributed by atoms with Crippen LogP contribution in [0.2, 0.25) is 5.02 Å². The number of aromatic nitrogens is 2. The standard InChI is InChI=1S/C25H24ClN5O2S/c1-2-7-30-8-10-31(11-9-30)22-6-4-17(14-20(22)26)19-15-27-29-21-5-3-16(12-18(19)21)13-23-24(32)28-25(33)34-23/h3-6,12-15H,2,7-11H2,1H3,(H,28,32,33). The number of fused-ring (bicyclic) bond motifs is 1. The van der Waals surface area contributed by atoms with Crippen molar-refractivity contribution in [1.82, 2.24) is 20.4 Å². The lowest BCUT2D eigenvalue weighted by molar-refractivity contribution is -0.115. The fourth-order valence-electron chi connectivity index (χ4n) is 4.43. The normalized spacial score (nSPS) is 18.2. The molecule has 174 valence electrons. The van der Waals surface area contributed by atoms with E-state index in [1.165, 1.54) is 6.42 Å². The Morgan fingerprint density at radius 3 is 2.65 bits per heavy atom. The molecule has 3 heterocycles. The third-order valence-corrected chi connectivity index (χ3v) is 7.23. The molecule has 2 aliphatic rings. The summed E-state index contributed by atoms with van der Waals surface area (Å²) >= 11 is 7.66. The molecule has 2 amide bonds. The molecule has 5 rings (SSSR count). The number of nitrogens with zero attached hydrogens (tertiary/aromatic N) is 4. The van der Waals surface area contributed by atoms with E-state index in [2.05, 4.69) is 44.4 Å². The number of carbonyl (C=O) groups is 2. The molecule has 2 saturated heterocycles. The average Bonchev–Trinajstić information content (AvgIpc) is 3.15. The first-order chi connectivity index (χ1) is 16.5. The van der Waals surface area contributed by atoms with Gasteiger partial charge in [0.2, 0.25) is 0 Å². The van der Waals surface area contributed by atoms with Crippen molar-refractivity contribution in [1.29, 1.82) is 0 Å². The summed E-state index contributed by atoms with van der Waals surface area (Å²) in [6.07, 6.45) is 4.61. The van der Waals surface area contributed by atoms with Gasteiger partial charge in [0.1, 0.15) is 0 Å². The number of halogens is 1. The lowest BCUT2D eigenvalue weighted by atomic mass is 10.0. The number of carbonyl (C=O) groups excluding carboxylic acids is 2. The van der Waals surface area contributed by atoms with Gasteiger partial charge in [0, 0.05) is 37.1 Å². The number of hydrogen-bond donors (Lipinski definition) is 1. The fraction of sp³-hybridized carbons (Fsp3) is 0.280. The summed E-state index contributed by atoms with van der Waals surface area (Å²) in [5.74, 6) is -0.374. The SMILES string of the molecule is CCCN1CCN(c2ccc(-c3cnnc4ccc(C=C5SC(=O)NC5=O)cc34)cc2Cl)CC1. The van der Waals surface area contributed by atoms with Crippen molar-refractivity contribution in [3.05, 3.63) is 58.1 Å². The highest BCUT2D eigenvalue weighted by atomic mass is 35.5. The maximum atomic E-state index is 11.9. The second-order valence-corrected chi connectivity index (χ2v) is 9.80. The highest BCUT2D eigenvalue weighted by Gasteiger charge is 2.25. The lowest BCUT2D eigenvalue weighted by Crippen LogP contribution is -2.46. The van der Waals surface area contributed by atoms with Crippen LogP contribution in [0.4, 0.5) is 10.5 Å². The van der Waals surface area contributed by atoms with Crippen LogP contribution in [0.1, 0.15) is 18.9 Å². The van der Waals surface area contributed by atoms with Gasteiger partial charge in [-0.05, 0) is 66.2 Å². The predicted molar refractivity (Wildman–Crippen MR) is 138 cm³/mol. The zero-order chi connectivity index (χ0) is 23.7. The third-order valence-electron chi connectivity index (χ3n) is 6.11. The molecule has 1 aromatic heterocycles. The Kier molecular flexibility index (Phi) is 6.54. The first kappa shape index (κ1) is 22.8. The Hall–Kier alpha value is -2.94. The Balaban J connectivity index is 1.45. The van der Waals surface area contributed by atoms with Crippen LogP contribution in [-0.2, 0) is 4.79 Å². The number of imide groups is 1. The van der Waals surface area contributed by atoms with E-state index in [9.17, 15) is 9.59 Å². The van der Waals surface area contributed by atoms with Crippen LogP contribution >= 0.6 is 23.4 Å². The molecule has 0 aliphatic carbocycles. The third kappa shape index (κ3) is 4.66. The average molecular weight is 494 g/mol. The Bertz CT molecular complexity index is 1300. The van der Waals surface area contributed by atoms with E-state index < -0.39 is 0 Å². The quantitative estimate of drug-likeness (QED) is 0.511. The van der Waals surface area contributed by atoms with Crippen molar-refractivity contribution >= 4 is 57.2 Å². The number of rotatable bonds is 5. The summed E-state index contributed by atoms with van der Waals surface area (Å²) in [6.45, 7) is 7.37. The van der Waals surface area contributed by atoms with Crippen molar-refractivity contribution in [2.45, 2.75) is 13.3 Å². The van der Waals surface area contributed by atoms with Crippen LogP contribution in [0.15, 0.2) is 47.5 Å². The minimum Gasteiger partial charge on any atom is -0.368 e. The van der Waals surface area contributed by atoms with Gasteiger partial charge >= 0.3 is 0 Å². The van der Waals surface area contributed by atoms with E-state index in [0.29, 0.717) is 9.93 Å². The monoisotopic (exact) mass is 493 g/mol. The van der Waals surface area contributed by atoms with Crippen LogP contribution in [0.3, 0.4) is 0 Å². The molecule has 2 aliphatic heterocycles. The minimum atomic E-state index is -0.374. The van der Waals surface area contributed by atoms with Crippen LogP contribution < -0.4 is 10.2 Å². The number of piperazine rings is 1. The summed E-state index contributed by atoms with van der Waals surface area (Å²) < 4.78 is 0. The Morgan fingerprint density at radius 2 is 1.94 bits per heavy atom. The van der Waals surface area contributed by atoms with E-state index >= 15 is 0 Å². The van der Waals surface area contributed by atoms with Gasteiger partial charge in [0.05, 0.1) is 27.3 Å². The molecule has 0 unspecified atom stereocenters. The van der Waals surface area contributed by atoms with Gasteiger partial charge in [0.25, 0.3) is 11.1 Å². The highest BCUT2D eigenvalue weighted by Crippen LogP contribution is 2.35. The number of anilines is 1. The molecule has 9 heteroatoms. The summed E-state index contributed by atoms with van der Waals surface area (Å²) in [6, 6.07) is 11.8. The van der Waals surface area contributed by atoms with Crippen molar-refractivity contribution in [2.24, 2.45) is 0 Å². The zero-order valence-corrected chi connectivity index (χ0v) is 20.3. The maximum Gasteiger partial charge on any atom is 0.290 e. The topological polar surface area (TPSA) is 78.4 Å². The number of hydrogen-bond acceptors (Lipinski definition) is 7. The number of nitrogens with one attached hydrogen (secondary N) is 1. The minimum absolute atomic E-state index is 0.356. The van der Waals surface area contributed by atoms with Gasteiger partial charge < -0.3 is 4.90 Å². The highest BCUT2D eigenvalue weighted by molar-refractivity contribution is 8.18. The fourth-order valence-corrected chi connectivity index (χ4v) is 5.41. The predicted octanol–water partition coefficient (Wildman–Crippen LogP) is 4.81. The van der Waals surface area contributed by atoms with Crippen molar-refractivity contribution in [3.63, 3.8) is 0 Å². The number of thioether (sulfide) groups is 1. The lowest BCUT2D eigenvalue weighted by Gasteiger charge is -2.36. The molecular weight excluding hydrogens is 470 g/mol. The molecule has 2 aromatic carbocycles. The molecule has 3 aromatic rings. The molecule has 0 spiro atoms. The second kappa shape index (κ2) is 9.74. The summed E-state index contributed by atoms with van der Waals surface area (Å²) in [5.41, 5.74) is 4.46. The van der Waals surface area contributed by atoms with Crippen molar-refractivity contribution in [3.8, 4) is 11.1 Å². The first-order valence-corrected chi connectivity index (χ1v) is 12.5. The molecule has 0 saturated carbocycles. The van der Waals surface area contributed by atoms with Crippen LogP contribution in [0.5, 0.6) is 0 Å². The zero-order valence-electron chi connectivity index (χ0n) is 18.8. The van der Waals surface area contributed by atoms with Crippen LogP contribution in [0, 0.1) is 0 Å². The van der Waals surface area contributed by atoms with Crippen molar-refractivity contribution < 1.29 is 9.59 Å². The first-order valence-electron chi connectivity index (χ1n) is 11.3. The molecule has 7 nitrogen and oxygen atoms in total. The van der Waals surface area contributed by atoms with Gasteiger partial charge in [-0.2, -0.15) is 10.2 Å². The Labute approximate surface area is 207 Å². The molecule has 0 atom stereocenters. The van der Waals surface area contributed by atoms with Gasteiger partial charge in [-0.15, -0.1) is 0 Å². The van der Waals surface area contributed by atoms with E-state index in [1.54, 1.807) is 12.3 Å². The van der Waals surface area contributed by atoms with Gasteiger partial charge in [-0.3, -0.25) is 19.8 Å². The van der Waals surface area contributed by atoms with Crippen LogP contribution in [-0.4, -0.2) is 59.0 Å². The molecular formula is C25H24ClN5O2S. The molecule has 2 fully saturated rings.